The molecule has 0 aromatic carbocycles. The second kappa shape index (κ2) is 5.27. The van der Waals surface area contributed by atoms with Gasteiger partial charge in [0.25, 0.3) is 0 Å². The van der Waals surface area contributed by atoms with Crippen molar-refractivity contribution in [1.29, 1.82) is 0 Å². The number of rotatable bonds is 3. The van der Waals surface area contributed by atoms with Crippen LogP contribution in [-0.4, -0.2) is 35.0 Å². The van der Waals surface area contributed by atoms with Gasteiger partial charge in [-0.25, -0.2) is 9.78 Å². The van der Waals surface area contributed by atoms with E-state index in [4.69, 9.17) is 4.74 Å². The standard InChI is InChI=1S/C11H12BrN3O2/c1-2-15(10-7-17-11(16)14-10)6-8-3-4-9(12)13-5-8/h3-5H,2,6-7H2,1H3. The van der Waals surface area contributed by atoms with E-state index in [1.54, 1.807) is 6.20 Å². The molecule has 0 saturated carbocycles. The number of carbonyl (C=O) groups excluding carboxylic acids is 1. The van der Waals surface area contributed by atoms with Gasteiger partial charge in [0.15, 0.2) is 12.4 Å². The van der Waals surface area contributed by atoms with E-state index in [0.717, 1.165) is 16.7 Å². The summed E-state index contributed by atoms with van der Waals surface area (Å²) < 4.78 is 5.60. The van der Waals surface area contributed by atoms with E-state index < -0.39 is 6.09 Å². The number of nitrogens with zero attached hydrogens (tertiary/aromatic N) is 3. The fraction of sp³-hybridized carbons (Fsp3) is 0.364. The molecule has 2 heterocycles. The first-order valence-electron chi connectivity index (χ1n) is 5.28. The van der Waals surface area contributed by atoms with Crippen molar-refractivity contribution >= 4 is 27.9 Å². The van der Waals surface area contributed by atoms with Crippen LogP contribution in [0.25, 0.3) is 0 Å². The molecule has 0 bridgehead atoms. The number of amides is 1. The van der Waals surface area contributed by atoms with Crippen LogP contribution in [0.3, 0.4) is 0 Å². The number of hydrogen-bond donors (Lipinski definition) is 0. The summed E-state index contributed by atoms with van der Waals surface area (Å²) in [4.78, 5) is 20.9. The van der Waals surface area contributed by atoms with Gasteiger partial charge in [-0.3, -0.25) is 0 Å². The van der Waals surface area contributed by atoms with Gasteiger partial charge in [-0.15, -0.1) is 0 Å². The molecule has 0 aliphatic carbocycles. The maximum atomic E-state index is 10.9. The maximum absolute atomic E-state index is 10.9. The number of carbonyl (C=O) groups is 1. The van der Waals surface area contributed by atoms with Gasteiger partial charge in [0.2, 0.25) is 0 Å². The quantitative estimate of drug-likeness (QED) is 0.803. The summed E-state index contributed by atoms with van der Waals surface area (Å²) in [5.41, 5.74) is 1.07. The number of aliphatic imine (C=N–C) groups is 1. The van der Waals surface area contributed by atoms with Crippen LogP contribution in [0.4, 0.5) is 4.79 Å². The molecule has 0 radical (unpaired) electrons. The molecule has 0 atom stereocenters. The Labute approximate surface area is 108 Å². The Morgan fingerprint density at radius 3 is 2.88 bits per heavy atom. The summed E-state index contributed by atoms with van der Waals surface area (Å²) in [7, 11) is 0. The molecule has 0 unspecified atom stereocenters. The van der Waals surface area contributed by atoms with Crippen LogP contribution in [0.15, 0.2) is 27.9 Å². The molecule has 17 heavy (non-hydrogen) atoms. The lowest BCUT2D eigenvalue weighted by Crippen LogP contribution is -2.31. The average molecular weight is 298 g/mol. The predicted molar refractivity (Wildman–Crippen MR) is 66.8 cm³/mol. The fourth-order valence-electron chi connectivity index (χ4n) is 1.56. The third-order valence-corrected chi connectivity index (χ3v) is 2.92. The summed E-state index contributed by atoms with van der Waals surface area (Å²) in [5, 5.41) is 0. The molecule has 1 aliphatic rings. The van der Waals surface area contributed by atoms with Crippen molar-refractivity contribution in [2.24, 2.45) is 4.99 Å². The number of likely N-dealkylation sites (N-methyl/N-ethyl adjacent to an activating group) is 1. The molecular weight excluding hydrogens is 286 g/mol. The van der Waals surface area contributed by atoms with Crippen molar-refractivity contribution in [2.75, 3.05) is 13.2 Å². The van der Waals surface area contributed by atoms with E-state index in [1.807, 2.05) is 24.0 Å². The zero-order valence-electron chi connectivity index (χ0n) is 9.39. The minimum absolute atomic E-state index is 0.261. The molecule has 1 aliphatic heterocycles. The average Bonchev–Trinajstić information content (AvgIpc) is 2.75. The van der Waals surface area contributed by atoms with Crippen molar-refractivity contribution in [1.82, 2.24) is 9.88 Å². The highest BCUT2D eigenvalue weighted by molar-refractivity contribution is 9.10. The molecule has 1 aromatic heterocycles. The van der Waals surface area contributed by atoms with Crippen LogP contribution in [0.2, 0.25) is 0 Å². The van der Waals surface area contributed by atoms with Crippen LogP contribution >= 0.6 is 15.9 Å². The third-order valence-electron chi connectivity index (χ3n) is 2.45. The topological polar surface area (TPSA) is 54.8 Å². The van der Waals surface area contributed by atoms with Crippen LogP contribution in [0, 0.1) is 0 Å². The number of hydrogen-bond acceptors (Lipinski definition) is 4. The monoisotopic (exact) mass is 297 g/mol. The van der Waals surface area contributed by atoms with E-state index in [-0.39, 0.29) is 6.61 Å². The van der Waals surface area contributed by atoms with Gasteiger partial charge >= 0.3 is 6.09 Å². The Bertz CT molecular complexity index is 445. The third kappa shape index (κ3) is 3.03. The highest BCUT2D eigenvalue weighted by Crippen LogP contribution is 2.11. The first-order chi connectivity index (χ1) is 8.19. The number of ether oxygens (including phenoxy) is 1. The van der Waals surface area contributed by atoms with Gasteiger partial charge in [-0.05, 0) is 34.5 Å². The summed E-state index contributed by atoms with van der Waals surface area (Å²) in [6.07, 6.45) is 1.29. The molecule has 0 saturated heterocycles. The molecule has 1 amide bonds. The molecule has 90 valence electrons. The Morgan fingerprint density at radius 2 is 2.35 bits per heavy atom. The van der Waals surface area contributed by atoms with Crippen LogP contribution in [0.1, 0.15) is 12.5 Å². The predicted octanol–water partition coefficient (Wildman–Crippen LogP) is 2.21. The van der Waals surface area contributed by atoms with Gasteiger partial charge < -0.3 is 9.64 Å². The minimum atomic E-state index is -0.507. The van der Waals surface area contributed by atoms with Crippen LogP contribution in [0.5, 0.6) is 0 Å². The molecule has 1 aromatic rings. The van der Waals surface area contributed by atoms with Crippen molar-refractivity contribution < 1.29 is 9.53 Å². The Morgan fingerprint density at radius 1 is 1.53 bits per heavy atom. The zero-order chi connectivity index (χ0) is 12.3. The van der Waals surface area contributed by atoms with E-state index in [0.29, 0.717) is 12.4 Å². The van der Waals surface area contributed by atoms with Gasteiger partial charge in [-0.2, -0.15) is 4.99 Å². The minimum Gasteiger partial charge on any atom is -0.440 e. The Kier molecular flexibility index (Phi) is 3.73. The molecule has 0 N–H and O–H groups in total. The van der Waals surface area contributed by atoms with Gasteiger partial charge in [0.1, 0.15) is 4.60 Å². The van der Waals surface area contributed by atoms with Crippen molar-refractivity contribution in [2.45, 2.75) is 13.5 Å². The molecular formula is C11H12BrN3O2. The largest absolute Gasteiger partial charge is 0.440 e. The number of aromatic nitrogens is 1. The first-order valence-corrected chi connectivity index (χ1v) is 6.08. The lowest BCUT2D eigenvalue weighted by Gasteiger charge is -2.21. The molecule has 6 heteroatoms. The maximum Gasteiger partial charge on any atom is 0.435 e. The number of cyclic esters (lactones) is 1. The second-order valence-electron chi connectivity index (χ2n) is 3.59. The molecule has 0 spiro atoms. The summed E-state index contributed by atoms with van der Waals surface area (Å²) in [6, 6.07) is 3.87. The van der Waals surface area contributed by atoms with Gasteiger partial charge in [-0.1, -0.05) is 6.07 Å². The summed E-state index contributed by atoms with van der Waals surface area (Å²) in [6.45, 7) is 3.71. The fourth-order valence-corrected chi connectivity index (χ4v) is 1.80. The van der Waals surface area contributed by atoms with E-state index in [1.165, 1.54) is 0 Å². The number of pyridine rings is 1. The first kappa shape index (κ1) is 12.0. The van der Waals surface area contributed by atoms with E-state index >= 15 is 0 Å². The number of amidine groups is 1. The lowest BCUT2D eigenvalue weighted by molar-refractivity contribution is 0.179. The van der Waals surface area contributed by atoms with E-state index in [2.05, 4.69) is 25.9 Å². The zero-order valence-corrected chi connectivity index (χ0v) is 11.0. The highest BCUT2D eigenvalue weighted by atomic mass is 79.9. The lowest BCUT2D eigenvalue weighted by atomic mass is 10.2. The van der Waals surface area contributed by atoms with Gasteiger partial charge in [0, 0.05) is 19.3 Å². The van der Waals surface area contributed by atoms with Crippen LogP contribution < -0.4 is 0 Å². The second-order valence-corrected chi connectivity index (χ2v) is 4.40. The molecule has 0 fully saturated rings. The normalized spacial score (nSPS) is 14.5. The summed E-state index contributed by atoms with van der Waals surface area (Å²) in [5.74, 6) is 0.681. The molecule has 2 rings (SSSR count). The number of halogens is 1. The van der Waals surface area contributed by atoms with Crippen molar-refractivity contribution in [3.05, 3.63) is 28.5 Å². The van der Waals surface area contributed by atoms with Crippen molar-refractivity contribution in [3.8, 4) is 0 Å². The SMILES string of the molecule is CCN(Cc1ccc(Br)nc1)C1=NC(=O)OC1. The van der Waals surface area contributed by atoms with Gasteiger partial charge in [0.05, 0.1) is 0 Å². The smallest absolute Gasteiger partial charge is 0.435 e. The highest BCUT2D eigenvalue weighted by Gasteiger charge is 2.20. The van der Waals surface area contributed by atoms with Crippen LogP contribution in [-0.2, 0) is 11.3 Å². The van der Waals surface area contributed by atoms with Crippen molar-refractivity contribution in [3.63, 3.8) is 0 Å². The Balaban J connectivity index is 2.07. The molecule has 5 nitrogen and oxygen atoms in total. The Hall–Kier alpha value is -1.43. The van der Waals surface area contributed by atoms with E-state index in [9.17, 15) is 4.79 Å². The summed E-state index contributed by atoms with van der Waals surface area (Å²) >= 11 is 3.29.